The van der Waals surface area contributed by atoms with Gasteiger partial charge in [0.1, 0.15) is 0 Å². The largest absolute Gasteiger partial charge is 0.278 e. The van der Waals surface area contributed by atoms with E-state index in [4.69, 9.17) is 15.0 Å². The fourth-order valence-electron chi connectivity index (χ4n) is 5.31. The van der Waals surface area contributed by atoms with E-state index >= 15 is 0 Å². The quantitative estimate of drug-likeness (QED) is 0.242. The molecule has 0 saturated carbocycles. The minimum atomic E-state index is 0.614. The van der Waals surface area contributed by atoms with Crippen molar-refractivity contribution in [3.63, 3.8) is 0 Å². The first kappa shape index (κ1) is 21.2. The highest BCUT2D eigenvalue weighted by molar-refractivity contribution is 7.25. The van der Waals surface area contributed by atoms with E-state index in [1.807, 2.05) is 30.3 Å². The van der Waals surface area contributed by atoms with Crippen LogP contribution in [-0.2, 0) is 0 Å². The van der Waals surface area contributed by atoms with Crippen LogP contribution in [-0.4, -0.2) is 19.5 Å². The molecule has 0 unspecified atom stereocenters. The van der Waals surface area contributed by atoms with Gasteiger partial charge in [0.05, 0.1) is 11.0 Å². The van der Waals surface area contributed by atoms with Crippen molar-refractivity contribution in [1.82, 2.24) is 19.5 Å². The molecular formula is C33H20N4S. The smallest absolute Gasteiger partial charge is 0.238 e. The molecule has 0 fully saturated rings. The fourth-order valence-corrected chi connectivity index (χ4v) is 6.46. The summed E-state index contributed by atoms with van der Waals surface area (Å²) in [6.45, 7) is 0. The molecule has 0 bridgehead atoms. The van der Waals surface area contributed by atoms with E-state index in [1.165, 1.54) is 30.9 Å². The molecule has 0 N–H and O–H groups in total. The van der Waals surface area contributed by atoms with Gasteiger partial charge >= 0.3 is 0 Å². The Balaban J connectivity index is 1.41. The molecular weight excluding hydrogens is 484 g/mol. The maximum absolute atomic E-state index is 5.08. The monoisotopic (exact) mass is 504 g/mol. The lowest BCUT2D eigenvalue weighted by Gasteiger charge is -2.11. The van der Waals surface area contributed by atoms with E-state index in [1.54, 1.807) is 11.3 Å². The third-order valence-corrected chi connectivity index (χ3v) is 8.21. The molecule has 0 amide bonds. The molecule has 0 radical (unpaired) electrons. The van der Waals surface area contributed by atoms with Gasteiger partial charge < -0.3 is 0 Å². The van der Waals surface area contributed by atoms with Crippen molar-refractivity contribution in [3.8, 4) is 28.7 Å². The van der Waals surface area contributed by atoms with Gasteiger partial charge in [-0.1, -0.05) is 97.1 Å². The predicted molar refractivity (Wildman–Crippen MR) is 158 cm³/mol. The molecule has 38 heavy (non-hydrogen) atoms. The first-order valence-electron chi connectivity index (χ1n) is 12.6. The van der Waals surface area contributed by atoms with Crippen LogP contribution in [0.1, 0.15) is 0 Å². The minimum absolute atomic E-state index is 0.614. The summed E-state index contributed by atoms with van der Waals surface area (Å²) in [5.41, 5.74) is 4.08. The Labute approximate surface area is 222 Å². The molecule has 8 aromatic rings. The van der Waals surface area contributed by atoms with Gasteiger partial charge in [-0.15, -0.1) is 11.3 Å². The van der Waals surface area contributed by atoms with E-state index in [-0.39, 0.29) is 0 Å². The third-order valence-electron chi connectivity index (χ3n) is 7.07. The van der Waals surface area contributed by atoms with Crippen molar-refractivity contribution in [1.29, 1.82) is 0 Å². The molecule has 5 heteroatoms. The Hall–Kier alpha value is -4.87. The summed E-state index contributed by atoms with van der Waals surface area (Å²) < 4.78 is 4.66. The summed E-state index contributed by atoms with van der Waals surface area (Å²) in [6.07, 6.45) is 0. The van der Waals surface area contributed by atoms with Crippen LogP contribution in [0.2, 0.25) is 0 Å². The lowest BCUT2D eigenvalue weighted by Crippen LogP contribution is -2.06. The number of aromatic nitrogens is 4. The fraction of sp³-hybridized carbons (Fsp3) is 0. The second-order valence-electron chi connectivity index (χ2n) is 9.33. The Morgan fingerprint density at radius 2 is 1.03 bits per heavy atom. The molecule has 0 spiro atoms. The molecule has 0 aliphatic rings. The SMILES string of the molecule is c1ccc(-c2nc(-c3ccc4c(c3)sc3ccccc34)nc(-n3c4ccccc4c4ccccc43)n2)cc1. The highest BCUT2D eigenvalue weighted by Gasteiger charge is 2.18. The summed E-state index contributed by atoms with van der Waals surface area (Å²) in [4.78, 5) is 15.1. The van der Waals surface area contributed by atoms with Crippen molar-refractivity contribution < 1.29 is 0 Å². The third kappa shape index (κ3) is 3.26. The topological polar surface area (TPSA) is 43.6 Å². The number of hydrogen-bond acceptors (Lipinski definition) is 4. The van der Waals surface area contributed by atoms with Crippen molar-refractivity contribution in [3.05, 3.63) is 121 Å². The number of nitrogens with zero attached hydrogens (tertiary/aromatic N) is 4. The minimum Gasteiger partial charge on any atom is -0.278 e. The van der Waals surface area contributed by atoms with Crippen molar-refractivity contribution in [2.45, 2.75) is 0 Å². The standard InChI is InChI=1S/C33H20N4S/c1-2-10-21(11-3-1)31-34-32(22-18-19-26-25-14-6-9-17-29(25)38-30(26)20-22)36-33(35-31)37-27-15-7-4-12-23(27)24-13-5-8-16-28(24)37/h1-20H. The number of para-hydroxylation sites is 2. The Bertz CT molecular complexity index is 2090. The van der Waals surface area contributed by atoms with Crippen LogP contribution in [0.5, 0.6) is 0 Å². The first-order valence-corrected chi connectivity index (χ1v) is 13.4. The van der Waals surface area contributed by atoms with Crippen LogP contribution >= 0.6 is 11.3 Å². The lowest BCUT2D eigenvalue weighted by molar-refractivity contribution is 0.954. The second-order valence-corrected chi connectivity index (χ2v) is 10.4. The number of thiophene rings is 1. The van der Waals surface area contributed by atoms with Gasteiger partial charge in [-0.05, 0) is 24.3 Å². The number of fused-ring (bicyclic) bond motifs is 6. The lowest BCUT2D eigenvalue weighted by atomic mass is 10.1. The van der Waals surface area contributed by atoms with E-state index in [0.29, 0.717) is 17.6 Å². The van der Waals surface area contributed by atoms with Crippen molar-refractivity contribution in [2.24, 2.45) is 0 Å². The normalized spacial score (nSPS) is 11.7. The van der Waals surface area contributed by atoms with Gasteiger partial charge in [-0.25, -0.2) is 4.98 Å². The van der Waals surface area contributed by atoms with Gasteiger partial charge in [0.25, 0.3) is 0 Å². The van der Waals surface area contributed by atoms with Gasteiger partial charge in [-0.3, -0.25) is 4.57 Å². The zero-order valence-electron chi connectivity index (χ0n) is 20.2. The molecule has 5 aromatic carbocycles. The van der Waals surface area contributed by atoms with Crippen LogP contribution in [0.25, 0.3) is 70.7 Å². The van der Waals surface area contributed by atoms with E-state index in [2.05, 4.69) is 95.6 Å². The summed E-state index contributed by atoms with van der Waals surface area (Å²) in [6, 6.07) is 42.1. The van der Waals surface area contributed by atoms with Crippen molar-refractivity contribution in [2.75, 3.05) is 0 Å². The zero-order chi connectivity index (χ0) is 25.1. The van der Waals surface area contributed by atoms with Crippen LogP contribution in [0.3, 0.4) is 0 Å². The Morgan fingerprint density at radius 1 is 0.447 bits per heavy atom. The summed E-state index contributed by atoms with van der Waals surface area (Å²) in [7, 11) is 0. The molecule has 0 aliphatic heterocycles. The van der Waals surface area contributed by atoms with Gasteiger partial charge in [0.2, 0.25) is 5.95 Å². The van der Waals surface area contributed by atoms with E-state index < -0.39 is 0 Å². The molecule has 0 aliphatic carbocycles. The molecule has 3 heterocycles. The highest BCUT2D eigenvalue weighted by atomic mass is 32.1. The average Bonchev–Trinajstić information content (AvgIpc) is 3.53. The molecule has 4 nitrogen and oxygen atoms in total. The van der Waals surface area contributed by atoms with Gasteiger partial charge in [0.15, 0.2) is 11.6 Å². The van der Waals surface area contributed by atoms with Gasteiger partial charge in [-0.2, -0.15) is 9.97 Å². The van der Waals surface area contributed by atoms with E-state index in [9.17, 15) is 0 Å². The van der Waals surface area contributed by atoms with Crippen molar-refractivity contribution >= 4 is 53.3 Å². The predicted octanol–water partition coefficient (Wildman–Crippen LogP) is 8.67. The molecule has 0 atom stereocenters. The van der Waals surface area contributed by atoms with Crippen LogP contribution in [0, 0.1) is 0 Å². The summed E-state index contributed by atoms with van der Waals surface area (Å²) in [5, 5.41) is 4.90. The van der Waals surface area contributed by atoms with Crippen LogP contribution in [0.15, 0.2) is 121 Å². The highest BCUT2D eigenvalue weighted by Crippen LogP contribution is 2.36. The average molecular weight is 505 g/mol. The van der Waals surface area contributed by atoms with Gasteiger partial charge in [0, 0.05) is 42.1 Å². The number of benzene rings is 5. The first-order chi connectivity index (χ1) is 18.8. The van der Waals surface area contributed by atoms with Crippen LogP contribution < -0.4 is 0 Å². The molecule has 0 saturated heterocycles. The molecule has 178 valence electrons. The van der Waals surface area contributed by atoms with E-state index in [0.717, 1.165) is 22.2 Å². The number of rotatable bonds is 3. The molecule has 8 rings (SSSR count). The Kier molecular flexibility index (Phi) is 4.66. The number of hydrogen-bond donors (Lipinski definition) is 0. The molecule has 3 aromatic heterocycles. The zero-order valence-corrected chi connectivity index (χ0v) is 21.1. The Morgan fingerprint density at radius 3 is 1.76 bits per heavy atom. The second kappa shape index (κ2) is 8.33. The maximum atomic E-state index is 5.08. The van der Waals surface area contributed by atoms with Crippen LogP contribution in [0.4, 0.5) is 0 Å². The summed E-state index contributed by atoms with van der Waals surface area (Å²) >= 11 is 1.80. The maximum Gasteiger partial charge on any atom is 0.238 e. The summed E-state index contributed by atoms with van der Waals surface area (Å²) in [5.74, 6) is 1.93.